The second-order valence-corrected chi connectivity index (χ2v) is 8.79. The predicted octanol–water partition coefficient (Wildman–Crippen LogP) is 5.67. The molecule has 1 heterocycles. The number of para-hydroxylation sites is 1. The predicted molar refractivity (Wildman–Crippen MR) is 129 cm³/mol. The number of likely N-dealkylation sites (tertiary alicyclic amines) is 1. The van der Waals surface area contributed by atoms with Crippen LogP contribution in [0.15, 0.2) is 42.0 Å². The molecule has 2 aromatic carbocycles. The summed E-state index contributed by atoms with van der Waals surface area (Å²) in [4.78, 5) is 27.9. The largest absolute Gasteiger partial charge is 0.507 e. The Hall–Kier alpha value is -2.99. The fourth-order valence-electron chi connectivity index (χ4n) is 4.09. The van der Waals surface area contributed by atoms with E-state index in [0.29, 0.717) is 22.9 Å². The average Bonchev–Trinajstić information content (AvgIpc) is 3.01. The van der Waals surface area contributed by atoms with Crippen LogP contribution in [0.3, 0.4) is 0 Å². The average molecular weight is 472 g/mol. The SMILES string of the molecule is CCCCN1C(=O)C(=O)/C(=C(/O)c2cc(C)cc(Cl)c2OC)C1c1ccccc1OC(C)C. The van der Waals surface area contributed by atoms with Gasteiger partial charge in [-0.25, -0.2) is 0 Å². The number of carbonyl (C=O) groups excluding carboxylic acids is 2. The number of benzene rings is 2. The summed E-state index contributed by atoms with van der Waals surface area (Å²) in [6.45, 7) is 8.03. The van der Waals surface area contributed by atoms with E-state index in [1.807, 2.05) is 45.9 Å². The first kappa shape index (κ1) is 24.6. The first-order valence-corrected chi connectivity index (χ1v) is 11.5. The van der Waals surface area contributed by atoms with Crippen LogP contribution in [0.4, 0.5) is 0 Å². The smallest absolute Gasteiger partial charge is 0.295 e. The monoisotopic (exact) mass is 471 g/mol. The third kappa shape index (κ3) is 4.86. The Morgan fingerprint density at radius 3 is 2.55 bits per heavy atom. The number of Topliss-reactive ketones (excluding diaryl/α,β-unsaturated/α-hetero) is 1. The molecule has 0 aliphatic carbocycles. The van der Waals surface area contributed by atoms with Gasteiger partial charge in [0, 0.05) is 12.1 Å². The molecule has 1 fully saturated rings. The van der Waals surface area contributed by atoms with E-state index in [0.717, 1.165) is 18.4 Å². The van der Waals surface area contributed by atoms with E-state index in [9.17, 15) is 14.7 Å². The zero-order valence-corrected chi connectivity index (χ0v) is 20.4. The number of ketones is 1. The number of aliphatic hydroxyl groups is 1. The summed E-state index contributed by atoms with van der Waals surface area (Å²) in [5.74, 6) is -0.912. The van der Waals surface area contributed by atoms with Gasteiger partial charge in [-0.05, 0) is 51.0 Å². The molecule has 1 aliphatic heterocycles. The first-order valence-electron chi connectivity index (χ1n) is 11.1. The van der Waals surface area contributed by atoms with Crippen molar-refractivity contribution >= 4 is 29.1 Å². The molecule has 1 saturated heterocycles. The van der Waals surface area contributed by atoms with Crippen molar-refractivity contribution in [2.45, 2.75) is 52.7 Å². The quantitative estimate of drug-likeness (QED) is 0.305. The molecule has 176 valence electrons. The summed E-state index contributed by atoms with van der Waals surface area (Å²) in [7, 11) is 1.44. The van der Waals surface area contributed by atoms with E-state index >= 15 is 0 Å². The number of aryl methyl sites for hydroxylation is 1. The molecule has 0 saturated carbocycles. The molecule has 1 aliphatic rings. The lowest BCUT2D eigenvalue weighted by Crippen LogP contribution is -2.31. The van der Waals surface area contributed by atoms with E-state index in [2.05, 4.69) is 0 Å². The van der Waals surface area contributed by atoms with E-state index in [4.69, 9.17) is 21.1 Å². The normalized spacial score (nSPS) is 17.7. The van der Waals surface area contributed by atoms with Gasteiger partial charge in [0.05, 0.1) is 35.4 Å². The molecule has 1 unspecified atom stereocenters. The highest BCUT2D eigenvalue weighted by Gasteiger charge is 2.47. The minimum atomic E-state index is -0.796. The topological polar surface area (TPSA) is 76.1 Å². The number of unbranched alkanes of at least 4 members (excludes halogenated alkanes) is 1. The Morgan fingerprint density at radius 2 is 1.91 bits per heavy atom. The molecule has 0 aromatic heterocycles. The minimum Gasteiger partial charge on any atom is -0.507 e. The number of aliphatic hydroxyl groups excluding tert-OH is 1. The number of nitrogens with zero attached hydrogens (tertiary/aromatic N) is 1. The van der Waals surface area contributed by atoms with Gasteiger partial charge >= 0.3 is 0 Å². The molecule has 0 spiro atoms. The number of carbonyl (C=O) groups is 2. The Balaban J connectivity index is 2.30. The van der Waals surface area contributed by atoms with Crippen LogP contribution in [-0.4, -0.2) is 41.5 Å². The van der Waals surface area contributed by atoms with Crippen LogP contribution in [0.25, 0.3) is 5.76 Å². The third-order valence-corrected chi connectivity index (χ3v) is 5.80. The summed E-state index contributed by atoms with van der Waals surface area (Å²) in [6, 6.07) is 9.89. The van der Waals surface area contributed by atoms with Gasteiger partial charge in [0.1, 0.15) is 17.3 Å². The summed E-state index contributed by atoms with van der Waals surface area (Å²) >= 11 is 6.34. The Labute approximate surface area is 199 Å². The fourth-order valence-corrected chi connectivity index (χ4v) is 4.44. The van der Waals surface area contributed by atoms with Crippen LogP contribution in [0.2, 0.25) is 5.02 Å². The molecule has 2 aromatic rings. The molecule has 33 heavy (non-hydrogen) atoms. The van der Waals surface area contributed by atoms with Crippen molar-refractivity contribution in [1.82, 2.24) is 4.90 Å². The van der Waals surface area contributed by atoms with Gasteiger partial charge in [-0.3, -0.25) is 9.59 Å². The molecule has 1 atom stereocenters. The van der Waals surface area contributed by atoms with Crippen molar-refractivity contribution in [2.75, 3.05) is 13.7 Å². The molecular weight excluding hydrogens is 442 g/mol. The Bertz CT molecular complexity index is 1090. The van der Waals surface area contributed by atoms with Crippen LogP contribution >= 0.6 is 11.6 Å². The maximum atomic E-state index is 13.3. The van der Waals surface area contributed by atoms with E-state index in [-0.39, 0.29) is 28.7 Å². The van der Waals surface area contributed by atoms with Crippen LogP contribution in [0.1, 0.15) is 56.3 Å². The van der Waals surface area contributed by atoms with E-state index in [1.54, 1.807) is 18.2 Å². The van der Waals surface area contributed by atoms with Crippen LogP contribution in [0.5, 0.6) is 11.5 Å². The maximum Gasteiger partial charge on any atom is 0.295 e. The molecule has 0 bridgehead atoms. The van der Waals surface area contributed by atoms with Gasteiger partial charge in [0.15, 0.2) is 0 Å². The summed E-state index contributed by atoms with van der Waals surface area (Å²) in [5.41, 5.74) is 1.68. The van der Waals surface area contributed by atoms with Gasteiger partial charge in [0.2, 0.25) is 0 Å². The van der Waals surface area contributed by atoms with Crippen molar-refractivity contribution in [1.29, 1.82) is 0 Å². The van der Waals surface area contributed by atoms with Crippen molar-refractivity contribution in [3.63, 3.8) is 0 Å². The lowest BCUT2D eigenvalue weighted by Gasteiger charge is -2.27. The fraction of sp³-hybridized carbons (Fsp3) is 0.385. The van der Waals surface area contributed by atoms with Crippen LogP contribution in [0, 0.1) is 6.92 Å². The molecule has 7 heteroatoms. The highest BCUT2D eigenvalue weighted by Crippen LogP contribution is 2.45. The standard InChI is InChI=1S/C26H30ClNO5/c1-6-7-12-28-22(17-10-8-9-11-20(17)33-15(2)3)21(24(30)26(28)31)23(29)18-13-16(4)14-19(27)25(18)32-5/h8-11,13-15,22,29H,6-7,12H2,1-5H3/b23-21+. The number of halogens is 1. The van der Waals surface area contributed by atoms with Crippen molar-refractivity contribution in [2.24, 2.45) is 0 Å². The van der Waals surface area contributed by atoms with Crippen LogP contribution < -0.4 is 9.47 Å². The van der Waals surface area contributed by atoms with Gasteiger partial charge in [-0.1, -0.05) is 43.1 Å². The second kappa shape index (κ2) is 10.3. The molecule has 3 rings (SSSR count). The molecule has 6 nitrogen and oxygen atoms in total. The highest BCUT2D eigenvalue weighted by molar-refractivity contribution is 6.46. The number of ether oxygens (including phenoxy) is 2. The van der Waals surface area contributed by atoms with Gasteiger partial charge < -0.3 is 19.5 Å². The summed E-state index contributed by atoms with van der Waals surface area (Å²) < 4.78 is 11.4. The van der Waals surface area contributed by atoms with Crippen molar-refractivity contribution in [3.05, 3.63) is 63.7 Å². The van der Waals surface area contributed by atoms with Crippen molar-refractivity contribution < 1.29 is 24.2 Å². The van der Waals surface area contributed by atoms with Gasteiger partial charge in [-0.15, -0.1) is 0 Å². The maximum absolute atomic E-state index is 13.3. The van der Waals surface area contributed by atoms with Crippen molar-refractivity contribution in [3.8, 4) is 11.5 Å². The van der Waals surface area contributed by atoms with Crippen LogP contribution in [-0.2, 0) is 9.59 Å². The third-order valence-electron chi connectivity index (χ3n) is 5.52. The number of methoxy groups -OCH3 is 1. The summed E-state index contributed by atoms with van der Waals surface area (Å²) in [6.07, 6.45) is 1.46. The molecule has 1 N–H and O–H groups in total. The first-order chi connectivity index (χ1) is 15.7. The lowest BCUT2D eigenvalue weighted by atomic mass is 9.93. The molecule has 0 radical (unpaired) electrons. The number of amides is 1. The summed E-state index contributed by atoms with van der Waals surface area (Å²) in [5, 5.41) is 11.7. The Morgan fingerprint density at radius 1 is 1.21 bits per heavy atom. The molecule has 1 amide bonds. The number of hydrogen-bond donors (Lipinski definition) is 1. The highest BCUT2D eigenvalue weighted by atomic mass is 35.5. The van der Waals surface area contributed by atoms with Gasteiger partial charge in [0.25, 0.3) is 11.7 Å². The number of rotatable bonds is 8. The zero-order chi connectivity index (χ0) is 24.3. The Kier molecular flexibility index (Phi) is 7.69. The van der Waals surface area contributed by atoms with Gasteiger partial charge in [-0.2, -0.15) is 0 Å². The molecular formula is C26H30ClNO5. The zero-order valence-electron chi connectivity index (χ0n) is 19.6. The van der Waals surface area contributed by atoms with E-state index in [1.165, 1.54) is 12.0 Å². The minimum absolute atomic E-state index is 0.00382. The van der Waals surface area contributed by atoms with E-state index < -0.39 is 17.7 Å². The second-order valence-electron chi connectivity index (χ2n) is 8.38. The number of hydrogen-bond acceptors (Lipinski definition) is 5. The lowest BCUT2D eigenvalue weighted by molar-refractivity contribution is -0.139.